The van der Waals surface area contributed by atoms with Gasteiger partial charge in [-0.25, -0.2) is 15.0 Å². The third kappa shape index (κ3) is 6.05. The van der Waals surface area contributed by atoms with Crippen LogP contribution in [0.15, 0.2) is 176 Å². The predicted molar refractivity (Wildman–Crippen MR) is 230 cm³/mol. The smallest absolute Gasteiger partial charge is 0.164 e. The second-order valence-corrected chi connectivity index (χ2v) is 15.1. The fourth-order valence-electron chi connectivity index (χ4n) is 8.19. The zero-order valence-corrected chi connectivity index (χ0v) is 31.5. The van der Waals surface area contributed by atoms with Gasteiger partial charge in [-0.05, 0) is 92.4 Å². The van der Waals surface area contributed by atoms with Gasteiger partial charge >= 0.3 is 0 Å². The molecule has 57 heavy (non-hydrogen) atoms. The minimum Gasteiger partial charge on any atom is -0.256 e. The molecule has 0 fully saturated rings. The van der Waals surface area contributed by atoms with Crippen molar-refractivity contribution in [2.45, 2.75) is 19.3 Å². The monoisotopic (exact) mass is 729 g/mol. The average molecular weight is 730 g/mol. The number of pyridine rings is 1. The summed E-state index contributed by atoms with van der Waals surface area (Å²) >= 11 is 0. The van der Waals surface area contributed by atoms with E-state index in [2.05, 4.69) is 141 Å². The normalized spacial score (nSPS) is 12.5. The van der Waals surface area contributed by atoms with Gasteiger partial charge in [0, 0.05) is 39.3 Å². The first-order chi connectivity index (χ1) is 27.9. The van der Waals surface area contributed by atoms with Crippen molar-refractivity contribution in [2.75, 3.05) is 0 Å². The molecule has 0 saturated heterocycles. The van der Waals surface area contributed by atoms with E-state index < -0.39 is 0 Å². The van der Waals surface area contributed by atoms with Crippen molar-refractivity contribution in [1.82, 2.24) is 19.9 Å². The van der Waals surface area contributed by atoms with Crippen molar-refractivity contribution < 1.29 is 0 Å². The van der Waals surface area contributed by atoms with E-state index in [1.165, 1.54) is 22.3 Å². The number of nitrogens with zero attached hydrogens (tertiary/aromatic N) is 5. The van der Waals surface area contributed by atoms with Gasteiger partial charge in [-0.2, -0.15) is 5.26 Å². The summed E-state index contributed by atoms with van der Waals surface area (Å²) in [7, 11) is 0. The van der Waals surface area contributed by atoms with Gasteiger partial charge in [-0.1, -0.05) is 141 Å². The van der Waals surface area contributed by atoms with Gasteiger partial charge in [-0.3, -0.25) is 4.98 Å². The minimum atomic E-state index is -0.283. The van der Waals surface area contributed by atoms with Crippen LogP contribution in [0.25, 0.3) is 89.6 Å². The third-order valence-electron chi connectivity index (χ3n) is 11.2. The maximum absolute atomic E-state index is 9.70. The molecular weight excluding hydrogens is 695 g/mol. The number of hydrogen-bond donors (Lipinski definition) is 0. The summed E-state index contributed by atoms with van der Waals surface area (Å²) in [5, 5.41) is 11.9. The molecule has 0 saturated carbocycles. The predicted octanol–water partition coefficient (Wildman–Crippen LogP) is 12.6. The van der Waals surface area contributed by atoms with Gasteiger partial charge in [0.2, 0.25) is 0 Å². The number of benzene rings is 7. The molecule has 1 aliphatic rings. The minimum absolute atomic E-state index is 0.283. The summed E-state index contributed by atoms with van der Waals surface area (Å²) in [6, 6.07) is 60.9. The molecule has 0 spiro atoms. The van der Waals surface area contributed by atoms with E-state index in [1.54, 1.807) is 0 Å². The fourth-order valence-corrected chi connectivity index (χ4v) is 8.19. The maximum Gasteiger partial charge on any atom is 0.164 e. The Morgan fingerprint density at radius 3 is 1.68 bits per heavy atom. The van der Waals surface area contributed by atoms with Crippen molar-refractivity contribution in [3.8, 4) is 84.9 Å². The van der Waals surface area contributed by atoms with E-state index in [1.807, 2.05) is 54.7 Å². The largest absolute Gasteiger partial charge is 0.256 e. The first-order valence-corrected chi connectivity index (χ1v) is 19.1. The van der Waals surface area contributed by atoms with Gasteiger partial charge in [0.05, 0.1) is 17.3 Å². The van der Waals surface area contributed by atoms with Crippen LogP contribution in [0.3, 0.4) is 0 Å². The molecule has 0 bridgehead atoms. The number of rotatable bonds is 6. The van der Waals surface area contributed by atoms with Gasteiger partial charge in [0.1, 0.15) is 0 Å². The van der Waals surface area contributed by atoms with Crippen LogP contribution in [0.2, 0.25) is 0 Å². The Kier molecular flexibility index (Phi) is 8.13. The van der Waals surface area contributed by atoms with Crippen molar-refractivity contribution >= 4 is 10.8 Å². The number of fused-ring (bicyclic) bond motifs is 4. The first-order valence-electron chi connectivity index (χ1n) is 19.1. The highest BCUT2D eigenvalue weighted by Crippen LogP contribution is 2.50. The van der Waals surface area contributed by atoms with Gasteiger partial charge in [0.15, 0.2) is 17.5 Å². The molecule has 10 rings (SSSR count). The highest BCUT2D eigenvalue weighted by Gasteiger charge is 2.36. The molecule has 2 heterocycles. The molecule has 9 aromatic rings. The van der Waals surface area contributed by atoms with E-state index in [-0.39, 0.29) is 5.41 Å². The summed E-state index contributed by atoms with van der Waals surface area (Å²) in [5.74, 6) is 1.78. The molecule has 268 valence electrons. The summed E-state index contributed by atoms with van der Waals surface area (Å²) in [6.45, 7) is 4.49. The molecule has 5 nitrogen and oxygen atoms in total. The zero-order chi connectivity index (χ0) is 38.5. The van der Waals surface area contributed by atoms with Crippen LogP contribution >= 0.6 is 0 Å². The van der Waals surface area contributed by atoms with Crippen molar-refractivity contribution in [1.29, 1.82) is 5.26 Å². The van der Waals surface area contributed by atoms with Crippen LogP contribution < -0.4 is 0 Å². The molecular formula is C52H35N5. The zero-order valence-electron chi connectivity index (χ0n) is 31.5. The fraction of sp³-hybridized carbons (Fsp3) is 0.0577. The van der Waals surface area contributed by atoms with E-state index >= 15 is 0 Å². The Morgan fingerprint density at radius 1 is 0.439 bits per heavy atom. The highest BCUT2D eigenvalue weighted by atomic mass is 15.0. The standard InChI is InChI=1S/C52H35N5/c1-52(2)46-27-33(32-53)17-23-44(46)45-24-22-39(31-47(45)52)40-28-41(48-43-16-10-9-13-36(43)25-26-54-48)30-42(29-40)51-56-49(37-14-7-4-8-15-37)55-50(57-51)38-20-18-35(19-21-38)34-11-5-3-6-12-34/h3-31H,1-2H3. The Labute approximate surface area is 331 Å². The van der Waals surface area contributed by atoms with E-state index in [0.29, 0.717) is 23.0 Å². The molecule has 0 atom stereocenters. The molecule has 0 aliphatic heterocycles. The first kappa shape index (κ1) is 34.0. The Balaban J connectivity index is 1.17. The number of nitriles is 1. The summed E-state index contributed by atoms with van der Waals surface area (Å²) in [4.78, 5) is 20.3. The molecule has 5 heteroatoms. The molecule has 1 aliphatic carbocycles. The summed E-state index contributed by atoms with van der Waals surface area (Å²) in [6.07, 6.45) is 1.88. The van der Waals surface area contributed by atoms with E-state index in [0.717, 1.165) is 61.0 Å². The van der Waals surface area contributed by atoms with Gasteiger partial charge in [-0.15, -0.1) is 0 Å². The lowest BCUT2D eigenvalue weighted by molar-refractivity contribution is 0.660. The Morgan fingerprint density at radius 2 is 0.965 bits per heavy atom. The third-order valence-corrected chi connectivity index (χ3v) is 11.2. The Bertz CT molecular complexity index is 3030. The SMILES string of the molecule is CC1(C)c2cc(C#N)ccc2-c2ccc(-c3cc(-c4nc(-c5ccccc5)nc(-c5ccc(-c6ccccc6)cc5)n4)cc(-c4nccc5ccccc45)c3)cc21. The van der Waals surface area contributed by atoms with Crippen LogP contribution in [0.4, 0.5) is 0 Å². The lowest BCUT2D eigenvalue weighted by Gasteiger charge is -2.22. The number of aromatic nitrogens is 4. The molecule has 0 amide bonds. The van der Waals surface area contributed by atoms with Crippen LogP contribution in [-0.4, -0.2) is 19.9 Å². The summed E-state index contributed by atoms with van der Waals surface area (Å²) in [5.41, 5.74) is 14.1. The average Bonchev–Trinajstić information content (AvgIpc) is 3.51. The van der Waals surface area contributed by atoms with Crippen molar-refractivity contribution in [3.05, 3.63) is 193 Å². The topological polar surface area (TPSA) is 75.3 Å². The molecule has 0 unspecified atom stereocenters. The quantitative estimate of drug-likeness (QED) is 0.170. The highest BCUT2D eigenvalue weighted by molar-refractivity contribution is 5.96. The van der Waals surface area contributed by atoms with Crippen LogP contribution in [0, 0.1) is 11.3 Å². The summed E-state index contributed by atoms with van der Waals surface area (Å²) < 4.78 is 0. The van der Waals surface area contributed by atoms with Gasteiger partial charge < -0.3 is 0 Å². The van der Waals surface area contributed by atoms with Gasteiger partial charge in [0.25, 0.3) is 0 Å². The van der Waals surface area contributed by atoms with E-state index in [9.17, 15) is 5.26 Å². The van der Waals surface area contributed by atoms with Crippen LogP contribution in [-0.2, 0) is 5.41 Å². The van der Waals surface area contributed by atoms with Crippen molar-refractivity contribution in [3.63, 3.8) is 0 Å². The maximum atomic E-state index is 9.70. The van der Waals surface area contributed by atoms with E-state index in [4.69, 9.17) is 19.9 Å². The molecule has 7 aromatic carbocycles. The molecule has 2 aromatic heterocycles. The molecule has 0 radical (unpaired) electrons. The van der Waals surface area contributed by atoms with Crippen LogP contribution in [0.5, 0.6) is 0 Å². The number of hydrogen-bond acceptors (Lipinski definition) is 5. The lowest BCUT2D eigenvalue weighted by Crippen LogP contribution is -2.15. The lowest BCUT2D eigenvalue weighted by atomic mass is 9.81. The molecule has 0 N–H and O–H groups in total. The Hall–Kier alpha value is -7.55. The van der Waals surface area contributed by atoms with Crippen molar-refractivity contribution in [2.24, 2.45) is 0 Å². The second-order valence-electron chi connectivity index (χ2n) is 15.1. The second kappa shape index (κ2) is 13.6. The van der Waals surface area contributed by atoms with Crippen LogP contribution in [0.1, 0.15) is 30.5 Å².